The molecule has 0 amide bonds. The minimum absolute atomic E-state index is 0. The zero-order valence-electron chi connectivity index (χ0n) is 17.8. The molecule has 180 valence electrons. The number of hydrogen-bond acceptors (Lipinski definition) is 6. The molecule has 10 heteroatoms. The van der Waals surface area contributed by atoms with Gasteiger partial charge in [-0.1, -0.05) is 30.6 Å². The third-order valence-corrected chi connectivity index (χ3v) is 7.03. The van der Waals surface area contributed by atoms with Crippen molar-refractivity contribution in [2.75, 3.05) is 26.0 Å². The predicted octanol–water partition coefficient (Wildman–Crippen LogP) is 5.92. The molecule has 6 nitrogen and oxygen atoms in total. The van der Waals surface area contributed by atoms with E-state index in [-0.39, 0.29) is 19.5 Å². The highest BCUT2D eigenvalue weighted by atomic mass is 35.5. The molecule has 0 bridgehead atoms. The minimum Gasteiger partial charge on any atom is -0.493 e. The maximum absolute atomic E-state index is 12.1. The molecule has 32 heavy (non-hydrogen) atoms. The Kier molecular flexibility index (Phi) is 12.0. The van der Waals surface area contributed by atoms with E-state index >= 15 is 0 Å². The lowest BCUT2D eigenvalue weighted by atomic mass is 10.2. The monoisotopic (exact) mass is 523 g/mol. The van der Waals surface area contributed by atoms with E-state index in [1.807, 2.05) is 6.07 Å². The average molecular weight is 525 g/mol. The van der Waals surface area contributed by atoms with Crippen molar-refractivity contribution in [3.05, 3.63) is 50.1 Å². The molecule has 0 aliphatic rings. The van der Waals surface area contributed by atoms with E-state index < -0.39 is 10.0 Å². The minimum atomic E-state index is -3.33. The molecule has 0 spiro atoms. The summed E-state index contributed by atoms with van der Waals surface area (Å²) < 4.78 is 36.5. The lowest BCUT2D eigenvalue weighted by Crippen LogP contribution is -2.33. The Morgan fingerprint density at radius 3 is 2.31 bits per heavy atom. The van der Waals surface area contributed by atoms with E-state index in [2.05, 4.69) is 0 Å². The molecule has 0 atom stereocenters. The Morgan fingerprint density at radius 2 is 1.72 bits per heavy atom. The quantitative estimate of drug-likeness (QED) is 0.255. The van der Waals surface area contributed by atoms with Crippen molar-refractivity contribution < 1.29 is 22.7 Å². The number of carbonyl (C=O) groups is 1. The van der Waals surface area contributed by atoms with Crippen molar-refractivity contribution in [3.63, 3.8) is 0 Å². The molecular formula is C22H31Cl2NO5S2. The van der Waals surface area contributed by atoms with Crippen LogP contribution in [-0.2, 0) is 21.2 Å². The van der Waals surface area contributed by atoms with Crippen molar-refractivity contribution in [3.8, 4) is 5.75 Å². The van der Waals surface area contributed by atoms with Gasteiger partial charge in [-0.25, -0.2) is 17.5 Å². The number of nitrogens with zero attached hydrogens (tertiary/aromatic N) is 1. The van der Waals surface area contributed by atoms with Gasteiger partial charge >= 0.3 is 5.97 Å². The lowest BCUT2D eigenvalue weighted by Gasteiger charge is -2.20. The molecule has 2 rings (SSSR count). The number of hydrogen-bond donors (Lipinski definition) is 0. The van der Waals surface area contributed by atoms with Gasteiger partial charge in [-0.15, -0.1) is 11.3 Å². The van der Waals surface area contributed by atoms with Crippen molar-refractivity contribution in [1.29, 1.82) is 0 Å². The zero-order valence-corrected chi connectivity index (χ0v) is 20.9. The molecule has 1 heterocycles. The fourth-order valence-corrected chi connectivity index (χ4v) is 5.17. The maximum Gasteiger partial charge on any atom is 0.348 e. The van der Waals surface area contributed by atoms with Gasteiger partial charge in [0, 0.05) is 28.0 Å². The molecule has 1 aromatic carbocycles. The van der Waals surface area contributed by atoms with E-state index in [0.29, 0.717) is 59.6 Å². The molecular weight excluding hydrogens is 493 g/mol. The second kappa shape index (κ2) is 13.4. The standard InChI is InChI=1S/C21H27Cl2NO5S2.CH4/c1-15(2)29-21(25)20-8-7-19(30-20)6-4-9-24(31(3,26)27)10-5-11-28-18-13-16(22)12-17(23)14-18;/h7-8,12-15H,4-6,9-11H2,1-3H3;1H4. The fourth-order valence-electron chi connectivity index (χ4n) is 2.81. The van der Waals surface area contributed by atoms with Gasteiger partial charge in [0.05, 0.1) is 19.0 Å². The van der Waals surface area contributed by atoms with Crippen molar-refractivity contribution in [2.45, 2.75) is 46.6 Å². The van der Waals surface area contributed by atoms with Gasteiger partial charge in [0.1, 0.15) is 10.6 Å². The van der Waals surface area contributed by atoms with Crippen LogP contribution in [-0.4, -0.2) is 50.7 Å². The summed E-state index contributed by atoms with van der Waals surface area (Å²) in [5.74, 6) is 0.220. The molecule has 0 aliphatic carbocycles. The summed E-state index contributed by atoms with van der Waals surface area (Å²) in [5, 5.41) is 0.962. The number of ether oxygens (including phenoxy) is 2. The summed E-state index contributed by atoms with van der Waals surface area (Å²) in [6.07, 6.45) is 2.90. The Balaban J connectivity index is 0.00000512. The molecule has 2 aromatic rings. The van der Waals surface area contributed by atoms with Gasteiger partial charge in [-0.3, -0.25) is 0 Å². The molecule has 0 fully saturated rings. The Labute approximate surface area is 205 Å². The van der Waals surface area contributed by atoms with Crippen molar-refractivity contribution in [1.82, 2.24) is 4.31 Å². The van der Waals surface area contributed by atoms with Crippen LogP contribution in [0.3, 0.4) is 0 Å². The molecule has 1 aromatic heterocycles. The molecule has 0 saturated carbocycles. The van der Waals surface area contributed by atoms with Gasteiger partial charge in [0.15, 0.2) is 0 Å². The predicted molar refractivity (Wildman–Crippen MR) is 133 cm³/mol. The van der Waals surface area contributed by atoms with Crippen LogP contribution in [0.1, 0.15) is 48.7 Å². The first-order valence-electron chi connectivity index (χ1n) is 9.88. The summed E-state index contributed by atoms with van der Waals surface area (Å²) in [4.78, 5) is 13.5. The summed E-state index contributed by atoms with van der Waals surface area (Å²) in [5.41, 5.74) is 0. The number of aryl methyl sites for hydroxylation is 1. The Hall–Kier alpha value is -1.32. The first kappa shape index (κ1) is 28.7. The van der Waals surface area contributed by atoms with Gasteiger partial charge in [0.25, 0.3) is 0 Å². The maximum atomic E-state index is 12.1. The summed E-state index contributed by atoms with van der Waals surface area (Å²) in [6, 6.07) is 8.57. The summed E-state index contributed by atoms with van der Waals surface area (Å²) in [6.45, 7) is 4.70. The van der Waals surface area contributed by atoms with Crippen LogP contribution < -0.4 is 4.74 Å². The van der Waals surface area contributed by atoms with E-state index in [0.717, 1.165) is 4.88 Å². The molecule has 0 saturated heterocycles. The van der Waals surface area contributed by atoms with Crippen LogP contribution in [0, 0.1) is 0 Å². The molecule has 0 N–H and O–H groups in total. The average Bonchev–Trinajstić information content (AvgIpc) is 3.10. The van der Waals surface area contributed by atoms with Gasteiger partial charge in [-0.2, -0.15) is 0 Å². The number of esters is 1. The number of sulfonamides is 1. The van der Waals surface area contributed by atoms with Gasteiger partial charge in [-0.05, 0) is 63.4 Å². The number of thiophene rings is 1. The highest BCUT2D eigenvalue weighted by molar-refractivity contribution is 7.88. The van der Waals surface area contributed by atoms with Crippen molar-refractivity contribution >= 4 is 50.5 Å². The number of benzene rings is 1. The highest BCUT2D eigenvalue weighted by Gasteiger charge is 2.17. The molecule has 0 unspecified atom stereocenters. The SMILES string of the molecule is C.CC(C)OC(=O)c1ccc(CCCN(CCCOc2cc(Cl)cc(Cl)c2)S(C)(=O)=O)s1. The fraction of sp³-hybridized carbons (Fsp3) is 0.500. The first-order chi connectivity index (χ1) is 14.5. The largest absolute Gasteiger partial charge is 0.493 e. The van der Waals surface area contributed by atoms with Crippen LogP contribution in [0.25, 0.3) is 0 Å². The first-order valence-corrected chi connectivity index (χ1v) is 13.3. The third-order valence-electron chi connectivity index (χ3n) is 4.16. The van der Waals surface area contributed by atoms with Crippen LogP contribution in [0.4, 0.5) is 0 Å². The summed E-state index contributed by atoms with van der Waals surface area (Å²) in [7, 11) is -3.33. The highest BCUT2D eigenvalue weighted by Crippen LogP contribution is 2.24. The second-order valence-electron chi connectivity index (χ2n) is 7.29. The van der Waals surface area contributed by atoms with Crippen LogP contribution in [0.5, 0.6) is 5.75 Å². The Bertz CT molecular complexity index is 956. The van der Waals surface area contributed by atoms with E-state index in [4.69, 9.17) is 32.7 Å². The van der Waals surface area contributed by atoms with Crippen molar-refractivity contribution in [2.24, 2.45) is 0 Å². The second-order valence-corrected chi connectivity index (χ2v) is 11.3. The molecule has 0 aliphatic heterocycles. The summed E-state index contributed by atoms with van der Waals surface area (Å²) >= 11 is 13.3. The normalized spacial score (nSPS) is 11.5. The topological polar surface area (TPSA) is 72.9 Å². The van der Waals surface area contributed by atoms with Gasteiger partial charge in [0.2, 0.25) is 10.0 Å². The van der Waals surface area contributed by atoms with Gasteiger partial charge < -0.3 is 9.47 Å². The smallest absolute Gasteiger partial charge is 0.348 e. The Morgan fingerprint density at radius 1 is 1.09 bits per heavy atom. The van der Waals surface area contributed by atoms with E-state index in [9.17, 15) is 13.2 Å². The van der Waals surface area contributed by atoms with Crippen LogP contribution >= 0.6 is 34.5 Å². The lowest BCUT2D eigenvalue weighted by molar-refractivity contribution is 0.0384. The van der Waals surface area contributed by atoms with Crippen LogP contribution in [0.15, 0.2) is 30.3 Å². The van der Waals surface area contributed by atoms with Crippen LogP contribution in [0.2, 0.25) is 10.0 Å². The third kappa shape index (κ3) is 10.1. The number of rotatable bonds is 12. The van der Waals surface area contributed by atoms with E-state index in [1.54, 1.807) is 38.1 Å². The number of halogens is 2. The zero-order chi connectivity index (χ0) is 23.0. The molecule has 0 radical (unpaired) electrons. The number of carbonyl (C=O) groups excluding carboxylic acids is 1. The van der Waals surface area contributed by atoms with E-state index in [1.165, 1.54) is 21.9 Å².